The number of fused-ring (bicyclic) bond motifs is 1. The van der Waals surface area contributed by atoms with E-state index >= 15 is 0 Å². The molecule has 0 aliphatic rings. The van der Waals surface area contributed by atoms with Crippen LogP contribution in [0.3, 0.4) is 0 Å². The van der Waals surface area contributed by atoms with E-state index in [1.807, 2.05) is 37.3 Å². The first-order valence-corrected chi connectivity index (χ1v) is 6.07. The number of anilines is 1. The zero-order valence-electron chi connectivity index (χ0n) is 10.4. The number of nitrogens with zero attached hydrogens (tertiary/aromatic N) is 3. The molecular formula is C13H13N5O. The third kappa shape index (κ3) is 1.97. The lowest BCUT2D eigenvalue weighted by atomic mass is 10.3. The summed E-state index contributed by atoms with van der Waals surface area (Å²) in [5.41, 5.74) is 1.23. The molecule has 0 aliphatic heterocycles. The summed E-state index contributed by atoms with van der Waals surface area (Å²) in [7, 11) is 0. The van der Waals surface area contributed by atoms with Gasteiger partial charge in [0.2, 0.25) is 5.95 Å². The summed E-state index contributed by atoms with van der Waals surface area (Å²) in [6, 6.07) is 9.60. The molecule has 0 unspecified atom stereocenters. The van der Waals surface area contributed by atoms with Gasteiger partial charge in [-0.25, -0.2) is 4.68 Å². The highest BCUT2D eigenvalue weighted by Crippen LogP contribution is 2.14. The number of hydrogen-bond donors (Lipinski definition) is 2. The van der Waals surface area contributed by atoms with E-state index in [4.69, 9.17) is 0 Å². The standard InChI is InChI=1S/C13H13N5O/c1-2-14-13-16-11-10(12(19)17-13)8-15-18(11)9-6-4-3-5-7-9/h3-8H,2H2,1H3,(H2,14,16,17,19). The average molecular weight is 255 g/mol. The van der Waals surface area contributed by atoms with Crippen molar-refractivity contribution >= 4 is 17.0 Å². The van der Waals surface area contributed by atoms with Crippen LogP contribution in [0, 0.1) is 0 Å². The molecule has 2 aromatic heterocycles. The SMILES string of the molecule is CCNc1nc2c(cnn2-c2ccccc2)c(=O)[nH]1. The van der Waals surface area contributed by atoms with Gasteiger partial charge in [-0.3, -0.25) is 9.78 Å². The molecule has 19 heavy (non-hydrogen) atoms. The number of hydrogen-bond acceptors (Lipinski definition) is 4. The lowest BCUT2D eigenvalue weighted by molar-refractivity contribution is 0.894. The zero-order chi connectivity index (χ0) is 13.2. The van der Waals surface area contributed by atoms with Crippen molar-refractivity contribution in [1.29, 1.82) is 0 Å². The Morgan fingerprint density at radius 1 is 1.32 bits per heavy atom. The fourth-order valence-electron chi connectivity index (χ4n) is 1.93. The molecule has 0 saturated heterocycles. The van der Waals surface area contributed by atoms with E-state index in [1.54, 1.807) is 4.68 Å². The number of rotatable bonds is 3. The molecule has 0 spiro atoms. The van der Waals surface area contributed by atoms with E-state index in [0.29, 0.717) is 23.5 Å². The molecule has 6 heteroatoms. The Morgan fingerprint density at radius 3 is 2.84 bits per heavy atom. The molecule has 3 aromatic rings. The number of H-pyrrole nitrogens is 1. The van der Waals surface area contributed by atoms with Crippen molar-refractivity contribution < 1.29 is 0 Å². The highest BCUT2D eigenvalue weighted by Gasteiger charge is 2.10. The normalized spacial score (nSPS) is 10.8. The van der Waals surface area contributed by atoms with Crippen LogP contribution in [0.5, 0.6) is 0 Å². The Labute approximate surface area is 109 Å². The summed E-state index contributed by atoms with van der Waals surface area (Å²) in [4.78, 5) is 19.0. The molecule has 96 valence electrons. The van der Waals surface area contributed by atoms with Gasteiger partial charge in [0.05, 0.1) is 11.9 Å². The first-order valence-electron chi connectivity index (χ1n) is 6.07. The Kier molecular flexibility index (Phi) is 2.75. The largest absolute Gasteiger partial charge is 0.356 e. The first kappa shape index (κ1) is 11.5. The van der Waals surface area contributed by atoms with Gasteiger partial charge in [-0.2, -0.15) is 10.1 Å². The van der Waals surface area contributed by atoms with Gasteiger partial charge >= 0.3 is 0 Å². The maximum atomic E-state index is 11.9. The second-order valence-electron chi connectivity index (χ2n) is 4.07. The van der Waals surface area contributed by atoms with Gasteiger partial charge in [-0.1, -0.05) is 18.2 Å². The van der Waals surface area contributed by atoms with Crippen molar-refractivity contribution in [2.75, 3.05) is 11.9 Å². The highest BCUT2D eigenvalue weighted by atomic mass is 16.1. The van der Waals surface area contributed by atoms with E-state index in [2.05, 4.69) is 20.4 Å². The van der Waals surface area contributed by atoms with Crippen LogP contribution in [0.1, 0.15) is 6.92 Å². The molecular weight excluding hydrogens is 242 g/mol. The molecule has 1 aromatic carbocycles. The predicted octanol–water partition coefficient (Wildman–Crippen LogP) is 1.54. The van der Waals surface area contributed by atoms with Crippen LogP contribution in [0.2, 0.25) is 0 Å². The van der Waals surface area contributed by atoms with Crippen molar-refractivity contribution in [3.8, 4) is 5.69 Å². The number of aromatic nitrogens is 4. The highest BCUT2D eigenvalue weighted by molar-refractivity contribution is 5.76. The van der Waals surface area contributed by atoms with Crippen molar-refractivity contribution in [2.24, 2.45) is 0 Å². The molecule has 0 aliphatic carbocycles. The quantitative estimate of drug-likeness (QED) is 0.744. The summed E-state index contributed by atoms with van der Waals surface area (Å²) in [6.45, 7) is 2.63. The Hall–Kier alpha value is -2.63. The van der Waals surface area contributed by atoms with E-state index in [0.717, 1.165) is 5.69 Å². The first-order chi connectivity index (χ1) is 9.29. The lowest BCUT2D eigenvalue weighted by Gasteiger charge is -2.04. The van der Waals surface area contributed by atoms with Gasteiger partial charge in [-0.05, 0) is 19.1 Å². The van der Waals surface area contributed by atoms with Gasteiger partial charge in [-0.15, -0.1) is 0 Å². The van der Waals surface area contributed by atoms with E-state index in [9.17, 15) is 4.79 Å². The van der Waals surface area contributed by atoms with Crippen molar-refractivity contribution in [3.63, 3.8) is 0 Å². The Morgan fingerprint density at radius 2 is 2.11 bits per heavy atom. The molecule has 0 fully saturated rings. The Bertz CT molecular complexity index is 760. The molecule has 0 atom stereocenters. The number of para-hydroxylation sites is 1. The molecule has 0 saturated carbocycles. The predicted molar refractivity (Wildman–Crippen MR) is 73.6 cm³/mol. The molecule has 2 heterocycles. The number of nitrogens with one attached hydrogen (secondary N) is 2. The minimum absolute atomic E-state index is 0.192. The van der Waals surface area contributed by atoms with Crippen LogP contribution in [0.15, 0.2) is 41.3 Å². The third-order valence-corrected chi connectivity index (χ3v) is 2.78. The number of benzene rings is 1. The van der Waals surface area contributed by atoms with Gasteiger partial charge in [0.25, 0.3) is 5.56 Å². The fraction of sp³-hybridized carbons (Fsp3) is 0.154. The van der Waals surface area contributed by atoms with Crippen molar-refractivity contribution in [1.82, 2.24) is 19.7 Å². The van der Waals surface area contributed by atoms with Crippen LogP contribution >= 0.6 is 0 Å². The van der Waals surface area contributed by atoms with Gasteiger partial charge < -0.3 is 5.32 Å². The van der Waals surface area contributed by atoms with Crippen LogP contribution in [-0.4, -0.2) is 26.3 Å². The molecule has 2 N–H and O–H groups in total. The monoisotopic (exact) mass is 255 g/mol. The van der Waals surface area contributed by atoms with Gasteiger partial charge in [0.15, 0.2) is 5.65 Å². The van der Waals surface area contributed by atoms with Crippen LogP contribution in [-0.2, 0) is 0 Å². The zero-order valence-corrected chi connectivity index (χ0v) is 10.4. The number of aromatic amines is 1. The minimum atomic E-state index is -0.192. The molecule has 6 nitrogen and oxygen atoms in total. The van der Waals surface area contributed by atoms with E-state index < -0.39 is 0 Å². The van der Waals surface area contributed by atoms with Gasteiger partial charge in [0.1, 0.15) is 5.39 Å². The molecule has 0 amide bonds. The summed E-state index contributed by atoms with van der Waals surface area (Å²) < 4.78 is 1.66. The molecule has 0 radical (unpaired) electrons. The summed E-state index contributed by atoms with van der Waals surface area (Å²) in [6.07, 6.45) is 1.53. The minimum Gasteiger partial charge on any atom is -0.356 e. The average Bonchev–Trinajstić information content (AvgIpc) is 2.84. The molecule has 3 rings (SSSR count). The maximum Gasteiger partial charge on any atom is 0.263 e. The van der Waals surface area contributed by atoms with Gasteiger partial charge in [0, 0.05) is 6.54 Å². The Balaban J connectivity index is 2.24. The van der Waals surface area contributed by atoms with Crippen molar-refractivity contribution in [2.45, 2.75) is 6.92 Å². The van der Waals surface area contributed by atoms with Crippen molar-refractivity contribution in [3.05, 3.63) is 46.9 Å². The fourth-order valence-corrected chi connectivity index (χ4v) is 1.93. The summed E-state index contributed by atoms with van der Waals surface area (Å²) in [5.74, 6) is 0.456. The van der Waals surface area contributed by atoms with Crippen LogP contribution < -0.4 is 10.9 Å². The second kappa shape index (κ2) is 4.56. The van der Waals surface area contributed by atoms with E-state index in [-0.39, 0.29) is 5.56 Å². The topological polar surface area (TPSA) is 75.6 Å². The maximum absolute atomic E-state index is 11.9. The lowest BCUT2D eigenvalue weighted by Crippen LogP contribution is -2.13. The van der Waals surface area contributed by atoms with Crippen LogP contribution in [0.4, 0.5) is 5.95 Å². The summed E-state index contributed by atoms with van der Waals surface area (Å²) >= 11 is 0. The smallest absolute Gasteiger partial charge is 0.263 e. The van der Waals surface area contributed by atoms with E-state index in [1.165, 1.54) is 6.20 Å². The summed E-state index contributed by atoms with van der Waals surface area (Å²) in [5, 5.41) is 7.71. The molecule has 0 bridgehead atoms. The third-order valence-electron chi connectivity index (χ3n) is 2.78. The second-order valence-corrected chi connectivity index (χ2v) is 4.07. The van der Waals surface area contributed by atoms with Crippen LogP contribution in [0.25, 0.3) is 16.7 Å².